The first-order valence-corrected chi connectivity index (χ1v) is 8.57. The SMILES string of the molecule is NC(=O)N1CCCc2ccc(NC3CCN(CC(F)(F)F)CC3)cc21. The molecule has 2 amide bonds. The second-order valence-electron chi connectivity index (χ2n) is 6.75. The molecule has 0 aliphatic carbocycles. The van der Waals surface area contributed by atoms with Crippen molar-refractivity contribution in [3.05, 3.63) is 23.8 Å². The number of alkyl halides is 3. The van der Waals surface area contributed by atoms with Gasteiger partial charge in [-0.05, 0) is 43.4 Å². The van der Waals surface area contributed by atoms with Gasteiger partial charge in [-0.15, -0.1) is 0 Å². The van der Waals surface area contributed by atoms with E-state index in [1.165, 1.54) is 4.90 Å². The first kappa shape index (κ1) is 17.8. The van der Waals surface area contributed by atoms with Crippen molar-refractivity contribution < 1.29 is 18.0 Å². The fraction of sp³-hybridized carbons (Fsp3) is 0.588. The number of nitrogens with two attached hydrogens (primary N) is 1. The number of primary amides is 1. The summed E-state index contributed by atoms with van der Waals surface area (Å²) in [6.45, 7) is 0.624. The number of halogens is 3. The summed E-state index contributed by atoms with van der Waals surface area (Å²) in [5.74, 6) is 0. The Hall–Kier alpha value is -1.96. The molecule has 0 aromatic heterocycles. The second-order valence-corrected chi connectivity index (χ2v) is 6.75. The van der Waals surface area contributed by atoms with E-state index in [0.717, 1.165) is 29.8 Å². The third-order valence-electron chi connectivity index (χ3n) is 4.83. The van der Waals surface area contributed by atoms with Gasteiger partial charge in [0, 0.05) is 31.4 Å². The summed E-state index contributed by atoms with van der Waals surface area (Å²) in [6, 6.07) is 5.55. The van der Waals surface area contributed by atoms with Crippen molar-refractivity contribution in [1.82, 2.24) is 4.90 Å². The molecule has 5 nitrogen and oxygen atoms in total. The average Bonchev–Trinajstić information content (AvgIpc) is 2.54. The number of rotatable bonds is 3. The quantitative estimate of drug-likeness (QED) is 0.875. The smallest absolute Gasteiger partial charge is 0.382 e. The van der Waals surface area contributed by atoms with Crippen LogP contribution in [0.3, 0.4) is 0 Å². The van der Waals surface area contributed by atoms with Crippen molar-refractivity contribution in [2.75, 3.05) is 36.4 Å². The minimum absolute atomic E-state index is 0.133. The van der Waals surface area contributed by atoms with Gasteiger partial charge in [0.25, 0.3) is 0 Å². The Bertz CT molecular complexity index is 627. The highest BCUT2D eigenvalue weighted by Crippen LogP contribution is 2.31. The number of anilines is 2. The molecule has 0 unspecified atom stereocenters. The molecule has 25 heavy (non-hydrogen) atoms. The van der Waals surface area contributed by atoms with E-state index in [0.29, 0.717) is 32.5 Å². The lowest BCUT2D eigenvalue weighted by atomic mass is 10.00. The van der Waals surface area contributed by atoms with Crippen LogP contribution in [0.4, 0.5) is 29.3 Å². The first-order valence-electron chi connectivity index (χ1n) is 8.57. The molecule has 1 aromatic rings. The van der Waals surface area contributed by atoms with Crippen LogP contribution in [0.2, 0.25) is 0 Å². The number of nitrogens with zero attached hydrogens (tertiary/aromatic N) is 2. The maximum Gasteiger partial charge on any atom is 0.401 e. The van der Waals surface area contributed by atoms with E-state index >= 15 is 0 Å². The van der Waals surface area contributed by atoms with Crippen molar-refractivity contribution in [1.29, 1.82) is 0 Å². The molecule has 3 rings (SSSR count). The predicted molar refractivity (Wildman–Crippen MR) is 90.8 cm³/mol. The number of likely N-dealkylation sites (tertiary alicyclic amines) is 1. The molecule has 3 N–H and O–H groups in total. The first-order chi connectivity index (χ1) is 11.8. The van der Waals surface area contributed by atoms with Gasteiger partial charge in [0.2, 0.25) is 0 Å². The molecule has 2 aliphatic rings. The molecule has 2 aliphatic heterocycles. The lowest BCUT2D eigenvalue weighted by Crippen LogP contribution is -2.43. The topological polar surface area (TPSA) is 61.6 Å². The fourth-order valence-electron chi connectivity index (χ4n) is 3.62. The van der Waals surface area contributed by atoms with Crippen LogP contribution in [0, 0.1) is 0 Å². The van der Waals surface area contributed by atoms with Crippen molar-refractivity contribution >= 4 is 17.4 Å². The highest BCUT2D eigenvalue weighted by atomic mass is 19.4. The summed E-state index contributed by atoms with van der Waals surface area (Å²) < 4.78 is 37.3. The van der Waals surface area contributed by atoms with Gasteiger partial charge in [-0.2, -0.15) is 13.2 Å². The number of urea groups is 1. The van der Waals surface area contributed by atoms with Crippen LogP contribution in [-0.4, -0.2) is 49.3 Å². The molecule has 0 spiro atoms. The second kappa shape index (κ2) is 7.11. The number of carbonyl (C=O) groups is 1. The van der Waals surface area contributed by atoms with Crippen LogP contribution in [0.5, 0.6) is 0 Å². The van der Waals surface area contributed by atoms with Gasteiger partial charge in [0.1, 0.15) is 0 Å². The van der Waals surface area contributed by atoms with Crippen LogP contribution in [-0.2, 0) is 6.42 Å². The molecular weight excluding hydrogens is 333 g/mol. The Morgan fingerprint density at radius 1 is 1.24 bits per heavy atom. The Morgan fingerprint density at radius 2 is 1.96 bits per heavy atom. The summed E-state index contributed by atoms with van der Waals surface area (Å²) in [4.78, 5) is 14.6. The average molecular weight is 356 g/mol. The summed E-state index contributed by atoms with van der Waals surface area (Å²) in [7, 11) is 0. The van der Waals surface area contributed by atoms with Gasteiger partial charge in [-0.3, -0.25) is 9.80 Å². The van der Waals surface area contributed by atoms with Crippen molar-refractivity contribution in [2.45, 2.75) is 37.9 Å². The van der Waals surface area contributed by atoms with Gasteiger partial charge in [0.05, 0.1) is 12.2 Å². The lowest BCUT2D eigenvalue weighted by Gasteiger charge is -2.34. The summed E-state index contributed by atoms with van der Waals surface area (Å²) in [5.41, 5.74) is 8.25. The number of hydrogen-bond acceptors (Lipinski definition) is 3. The van der Waals surface area contributed by atoms with Crippen LogP contribution in [0.15, 0.2) is 18.2 Å². The van der Waals surface area contributed by atoms with E-state index in [9.17, 15) is 18.0 Å². The Labute approximate surface area is 145 Å². The maximum atomic E-state index is 12.4. The molecule has 1 aromatic carbocycles. The monoisotopic (exact) mass is 356 g/mol. The zero-order chi connectivity index (χ0) is 18.0. The van der Waals surface area contributed by atoms with Gasteiger partial charge >= 0.3 is 12.2 Å². The largest absolute Gasteiger partial charge is 0.401 e. The van der Waals surface area contributed by atoms with Gasteiger partial charge in [0.15, 0.2) is 0 Å². The Kier molecular flexibility index (Phi) is 5.08. The van der Waals surface area contributed by atoms with E-state index in [4.69, 9.17) is 5.73 Å². The number of fused-ring (bicyclic) bond motifs is 1. The van der Waals surface area contributed by atoms with E-state index in [1.807, 2.05) is 18.2 Å². The van der Waals surface area contributed by atoms with Crippen molar-refractivity contribution in [2.24, 2.45) is 5.73 Å². The van der Waals surface area contributed by atoms with Crippen LogP contribution < -0.4 is 16.0 Å². The normalized spacial score (nSPS) is 19.6. The van der Waals surface area contributed by atoms with E-state index in [2.05, 4.69) is 5.32 Å². The molecule has 0 atom stereocenters. The number of amides is 2. The molecule has 0 bridgehead atoms. The standard InChI is InChI=1S/C17H23F3N4O/c18-17(19,20)11-23-8-5-13(6-9-23)22-14-4-3-12-2-1-7-24(16(21)25)15(12)10-14/h3-4,10,13,22H,1-2,5-9,11H2,(H2,21,25). The van der Waals surface area contributed by atoms with Gasteiger partial charge in [-0.1, -0.05) is 6.07 Å². The minimum atomic E-state index is -4.14. The molecule has 8 heteroatoms. The molecule has 0 radical (unpaired) electrons. The number of piperidine rings is 1. The lowest BCUT2D eigenvalue weighted by molar-refractivity contribution is -0.147. The van der Waals surface area contributed by atoms with Crippen LogP contribution in [0.25, 0.3) is 0 Å². The summed E-state index contributed by atoms with van der Waals surface area (Å²) in [5, 5.41) is 3.39. The fourth-order valence-corrected chi connectivity index (χ4v) is 3.62. The number of carbonyl (C=O) groups excluding carboxylic acids is 1. The number of aryl methyl sites for hydroxylation is 1. The highest BCUT2D eigenvalue weighted by Gasteiger charge is 2.32. The van der Waals surface area contributed by atoms with Crippen molar-refractivity contribution in [3.8, 4) is 0 Å². The Balaban J connectivity index is 1.61. The van der Waals surface area contributed by atoms with Gasteiger partial charge in [-0.25, -0.2) is 4.79 Å². The van der Waals surface area contributed by atoms with Crippen molar-refractivity contribution in [3.63, 3.8) is 0 Å². The number of hydrogen-bond donors (Lipinski definition) is 2. The minimum Gasteiger partial charge on any atom is -0.382 e. The van der Waals surface area contributed by atoms with E-state index in [-0.39, 0.29) is 6.04 Å². The van der Waals surface area contributed by atoms with Crippen LogP contribution in [0.1, 0.15) is 24.8 Å². The van der Waals surface area contributed by atoms with E-state index in [1.54, 1.807) is 4.90 Å². The predicted octanol–water partition coefficient (Wildman–Crippen LogP) is 2.96. The maximum absolute atomic E-state index is 12.4. The van der Waals surface area contributed by atoms with Crippen LogP contribution >= 0.6 is 0 Å². The third kappa shape index (κ3) is 4.56. The Morgan fingerprint density at radius 3 is 2.60 bits per heavy atom. The summed E-state index contributed by atoms with van der Waals surface area (Å²) >= 11 is 0. The number of nitrogens with one attached hydrogen (secondary N) is 1. The molecule has 1 fully saturated rings. The molecule has 138 valence electrons. The molecular formula is C17H23F3N4O. The number of benzene rings is 1. The highest BCUT2D eigenvalue weighted by molar-refractivity contribution is 5.92. The zero-order valence-electron chi connectivity index (χ0n) is 14.0. The molecule has 0 saturated carbocycles. The third-order valence-corrected chi connectivity index (χ3v) is 4.83. The van der Waals surface area contributed by atoms with Gasteiger partial charge < -0.3 is 11.1 Å². The van der Waals surface area contributed by atoms with E-state index < -0.39 is 18.8 Å². The summed E-state index contributed by atoms with van der Waals surface area (Å²) in [6.07, 6.45) is -1.02. The zero-order valence-corrected chi connectivity index (χ0v) is 14.0. The molecule has 2 heterocycles. The molecule has 1 saturated heterocycles.